The van der Waals surface area contributed by atoms with Gasteiger partial charge in [0.25, 0.3) is 0 Å². The number of phenols is 1. The number of hydrogen-bond acceptors (Lipinski definition) is 8. The van der Waals surface area contributed by atoms with E-state index in [9.17, 15) is 25.7 Å². The van der Waals surface area contributed by atoms with Gasteiger partial charge in [0, 0.05) is 6.07 Å². The van der Waals surface area contributed by atoms with Crippen molar-refractivity contribution in [1.82, 2.24) is 0 Å². The third-order valence-corrected chi connectivity index (χ3v) is 4.20. The zero-order chi connectivity index (χ0) is 20.3. The molecule has 0 radical (unpaired) electrons. The Labute approximate surface area is 160 Å². The lowest BCUT2D eigenvalue weighted by molar-refractivity contribution is -0.385. The maximum Gasteiger partial charge on any atom is 0.311 e. The van der Waals surface area contributed by atoms with Gasteiger partial charge in [0.2, 0.25) is 0 Å². The zero-order valence-corrected chi connectivity index (χ0v) is 14.4. The van der Waals surface area contributed by atoms with E-state index in [1.165, 1.54) is 23.2 Å². The number of rotatable bonds is 4. The number of nitrogens with two attached hydrogens (primary N) is 1. The number of anilines is 1. The molecule has 138 valence electrons. The second-order valence-electron chi connectivity index (χ2n) is 5.94. The number of nitrogens with zero attached hydrogens (tertiary/aromatic N) is 5. The minimum atomic E-state index is -0.863. The van der Waals surface area contributed by atoms with Gasteiger partial charge < -0.3 is 10.8 Å². The van der Waals surface area contributed by atoms with Gasteiger partial charge in [0.15, 0.2) is 5.75 Å². The van der Waals surface area contributed by atoms with Crippen molar-refractivity contribution >= 4 is 23.2 Å². The first-order valence-corrected chi connectivity index (χ1v) is 8.14. The molecule has 0 spiro atoms. The van der Waals surface area contributed by atoms with Crippen LogP contribution in [0.4, 0.5) is 11.4 Å². The first kappa shape index (κ1) is 18.6. The summed E-state index contributed by atoms with van der Waals surface area (Å²) < 4.78 is 0. The Hall–Kier alpha value is -4.21. The summed E-state index contributed by atoms with van der Waals surface area (Å²) in [5.74, 6) is -1.34. The molecule has 0 aliphatic carbocycles. The van der Waals surface area contributed by atoms with Crippen LogP contribution in [-0.4, -0.2) is 21.9 Å². The fourth-order valence-corrected chi connectivity index (χ4v) is 2.82. The summed E-state index contributed by atoms with van der Waals surface area (Å²) >= 11 is 0. The van der Waals surface area contributed by atoms with E-state index in [0.29, 0.717) is 11.3 Å². The van der Waals surface area contributed by atoms with Crippen LogP contribution < -0.4 is 10.7 Å². The Morgan fingerprint density at radius 1 is 1.29 bits per heavy atom. The summed E-state index contributed by atoms with van der Waals surface area (Å²) in [5.41, 5.74) is 6.88. The lowest BCUT2D eigenvalue weighted by atomic mass is 9.95. The summed E-state index contributed by atoms with van der Waals surface area (Å²) in [5, 5.41) is 45.5. The normalized spacial score (nSPS) is 18.9. The number of hydrazone groups is 1. The number of phenolic OH excluding ortho intramolecular Hbond substituents is 1. The molecule has 0 fully saturated rings. The van der Waals surface area contributed by atoms with Gasteiger partial charge in [-0.15, -0.1) is 0 Å². The predicted molar refractivity (Wildman–Crippen MR) is 102 cm³/mol. The SMILES string of the molecule is N#C/C(=C/c1ccc(O)c([N+](=O)[O-])c1)C1=NN(c2ccccc2)[C@H](N)[C@@H]1C#N. The van der Waals surface area contributed by atoms with Crippen molar-refractivity contribution in [2.24, 2.45) is 16.8 Å². The van der Waals surface area contributed by atoms with Crippen LogP contribution in [0.1, 0.15) is 5.56 Å². The molecule has 28 heavy (non-hydrogen) atoms. The van der Waals surface area contributed by atoms with Crippen molar-refractivity contribution in [1.29, 1.82) is 10.5 Å². The van der Waals surface area contributed by atoms with Crippen LogP contribution in [0.3, 0.4) is 0 Å². The fourth-order valence-electron chi connectivity index (χ4n) is 2.82. The van der Waals surface area contributed by atoms with Gasteiger partial charge in [0.05, 0.1) is 28.0 Å². The second-order valence-corrected chi connectivity index (χ2v) is 5.94. The first-order chi connectivity index (χ1) is 13.5. The Kier molecular flexibility index (Phi) is 5.03. The molecular formula is C19H14N6O3. The molecule has 0 unspecified atom stereocenters. The van der Waals surface area contributed by atoms with Crippen molar-refractivity contribution in [3.8, 4) is 17.9 Å². The number of hydrogen-bond donors (Lipinski definition) is 2. The highest BCUT2D eigenvalue weighted by atomic mass is 16.6. The van der Waals surface area contributed by atoms with Gasteiger partial charge >= 0.3 is 5.69 Å². The summed E-state index contributed by atoms with van der Waals surface area (Å²) in [6, 6.07) is 16.8. The molecule has 1 aliphatic heterocycles. The molecule has 3 N–H and O–H groups in total. The monoisotopic (exact) mass is 374 g/mol. The van der Waals surface area contributed by atoms with Gasteiger partial charge in [-0.1, -0.05) is 24.3 Å². The van der Waals surface area contributed by atoms with Crippen LogP contribution in [-0.2, 0) is 0 Å². The Bertz CT molecular complexity index is 1070. The molecule has 9 heteroatoms. The summed E-state index contributed by atoms with van der Waals surface area (Å²) in [6.07, 6.45) is 0.588. The molecule has 0 saturated carbocycles. The van der Waals surface area contributed by atoms with Gasteiger partial charge in [-0.3, -0.25) is 10.1 Å². The molecule has 1 aliphatic rings. The largest absolute Gasteiger partial charge is 0.502 e. The van der Waals surface area contributed by atoms with E-state index < -0.39 is 28.4 Å². The van der Waals surface area contributed by atoms with E-state index in [2.05, 4.69) is 11.2 Å². The molecule has 0 aromatic heterocycles. The molecule has 2 aromatic rings. The molecule has 1 heterocycles. The molecule has 2 aromatic carbocycles. The van der Waals surface area contributed by atoms with E-state index in [1.54, 1.807) is 24.3 Å². The van der Waals surface area contributed by atoms with Gasteiger partial charge in [-0.05, 0) is 29.8 Å². The van der Waals surface area contributed by atoms with Crippen LogP contribution >= 0.6 is 0 Å². The highest BCUT2D eigenvalue weighted by molar-refractivity contribution is 6.11. The number of nitro benzene ring substituents is 1. The highest BCUT2D eigenvalue weighted by Gasteiger charge is 2.37. The quantitative estimate of drug-likeness (QED) is 0.473. The highest BCUT2D eigenvalue weighted by Crippen LogP contribution is 2.30. The first-order valence-electron chi connectivity index (χ1n) is 8.14. The molecule has 0 saturated heterocycles. The van der Waals surface area contributed by atoms with Crippen LogP contribution in [0.15, 0.2) is 59.2 Å². The molecular weight excluding hydrogens is 360 g/mol. The van der Waals surface area contributed by atoms with E-state index in [0.717, 1.165) is 6.07 Å². The third kappa shape index (κ3) is 3.38. The summed E-state index contributed by atoms with van der Waals surface area (Å²) in [4.78, 5) is 10.3. The maximum absolute atomic E-state index is 11.0. The second kappa shape index (κ2) is 7.58. The van der Waals surface area contributed by atoms with Crippen LogP contribution in [0.2, 0.25) is 0 Å². The number of nitro groups is 1. The van der Waals surface area contributed by atoms with Crippen LogP contribution in [0.25, 0.3) is 6.08 Å². The zero-order valence-electron chi connectivity index (χ0n) is 14.4. The van der Waals surface area contributed by atoms with Crippen LogP contribution in [0, 0.1) is 38.7 Å². The lowest BCUT2D eigenvalue weighted by Crippen LogP contribution is -2.40. The smallest absolute Gasteiger partial charge is 0.311 e. The topological polar surface area (TPSA) is 153 Å². The van der Waals surface area contributed by atoms with Crippen molar-refractivity contribution in [3.63, 3.8) is 0 Å². The molecule has 0 bridgehead atoms. The molecule has 3 rings (SSSR count). The molecule has 0 amide bonds. The average molecular weight is 374 g/mol. The number of para-hydroxylation sites is 1. The third-order valence-electron chi connectivity index (χ3n) is 4.20. The molecule has 2 atom stereocenters. The van der Waals surface area contributed by atoms with Crippen molar-refractivity contribution in [2.75, 3.05) is 5.01 Å². The maximum atomic E-state index is 11.0. The van der Waals surface area contributed by atoms with Crippen molar-refractivity contribution < 1.29 is 10.0 Å². The number of aromatic hydroxyl groups is 1. The Morgan fingerprint density at radius 2 is 2.00 bits per heavy atom. The van der Waals surface area contributed by atoms with E-state index >= 15 is 0 Å². The average Bonchev–Trinajstić information content (AvgIpc) is 3.03. The predicted octanol–water partition coefficient (Wildman–Crippen LogP) is 2.51. The summed E-state index contributed by atoms with van der Waals surface area (Å²) in [6.45, 7) is 0. The fraction of sp³-hybridized carbons (Fsp3) is 0.105. The summed E-state index contributed by atoms with van der Waals surface area (Å²) in [7, 11) is 0. The van der Waals surface area contributed by atoms with E-state index in [-0.39, 0.29) is 11.3 Å². The van der Waals surface area contributed by atoms with Gasteiger partial charge in [0.1, 0.15) is 18.2 Å². The number of benzene rings is 2. The number of nitriles is 2. The molecule has 9 nitrogen and oxygen atoms in total. The lowest BCUT2D eigenvalue weighted by Gasteiger charge is -2.21. The van der Waals surface area contributed by atoms with Crippen molar-refractivity contribution in [3.05, 3.63) is 69.8 Å². The van der Waals surface area contributed by atoms with Gasteiger partial charge in [-0.2, -0.15) is 15.6 Å². The van der Waals surface area contributed by atoms with E-state index in [4.69, 9.17) is 5.73 Å². The number of allylic oxidation sites excluding steroid dienone is 1. The van der Waals surface area contributed by atoms with E-state index in [1.807, 2.05) is 12.1 Å². The Morgan fingerprint density at radius 3 is 2.61 bits per heavy atom. The Balaban J connectivity index is 2.05. The minimum Gasteiger partial charge on any atom is -0.502 e. The van der Waals surface area contributed by atoms with Crippen LogP contribution in [0.5, 0.6) is 5.75 Å². The van der Waals surface area contributed by atoms with Crippen molar-refractivity contribution in [2.45, 2.75) is 6.17 Å². The van der Waals surface area contributed by atoms with Gasteiger partial charge in [-0.25, -0.2) is 5.01 Å². The minimum absolute atomic E-state index is 0.0559. The standard InChI is InChI=1S/C19H14N6O3/c20-10-13(8-12-6-7-17(26)16(9-12)25(27)28)18-15(11-21)19(22)24(23-18)14-4-2-1-3-5-14/h1-9,15,19,26H,22H2/b13-8-/t15-,19+/m1/s1.